The third kappa shape index (κ3) is 2.69. The Kier molecular flexibility index (Phi) is 3.88. The van der Waals surface area contributed by atoms with Gasteiger partial charge in [-0.25, -0.2) is 0 Å². The van der Waals surface area contributed by atoms with E-state index in [-0.39, 0.29) is 4.83 Å². The summed E-state index contributed by atoms with van der Waals surface area (Å²) in [7, 11) is 0. The standard InChI is InChI=1S/C15H11Br2ClO/c16-12-8-11(1-3-13(12)18)15(17)10-2-4-14-9(7-10)5-6-19-14/h1-4,7-8,15H,5-6H2. The number of halogens is 3. The SMILES string of the molecule is Clc1ccc(C(Br)c2ccc3c(c2)CCO3)cc1Br. The van der Waals surface area contributed by atoms with Crippen LogP contribution in [0.15, 0.2) is 40.9 Å². The van der Waals surface area contributed by atoms with Gasteiger partial charge >= 0.3 is 0 Å². The van der Waals surface area contributed by atoms with Gasteiger partial charge in [0.15, 0.2) is 0 Å². The molecule has 1 unspecified atom stereocenters. The number of alkyl halides is 1. The van der Waals surface area contributed by atoms with Gasteiger partial charge < -0.3 is 4.74 Å². The Bertz CT molecular complexity index is 628. The Morgan fingerprint density at radius 3 is 2.63 bits per heavy atom. The topological polar surface area (TPSA) is 9.23 Å². The van der Waals surface area contributed by atoms with Crippen molar-refractivity contribution in [3.63, 3.8) is 0 Å². The Morgan fingerprint density at radius 1 is 1.11 bits per heavy atom. The molecule has 1 nitrogen and oxygen atoms in total. The largest absolute Gasteiger partial charge is 0.493 e. The summed E-state index contributed by atoms with van der Waals surface area (Å²) in [4.78, 5) is 0.159. The summed E-state index contributed by atoms with van der Waals surface area (Å²) in [6, 6.07) is 12.4. The van der Waals surface area contributed by atoms with Gasteiger partial charge in [0.2, 0.25) is 0 Å². The fourth-order valence-electron chi connectivity index (χ4n) is 2.23. The number of hydrogen-bond acceptors (Lipinski definition) is 1. The number of benzene rings is 2. The molecule has 0 bridgehead atoms. The Labute approximate surface area is 134 Å². The van der Waals surface area contributed by atoms with Crippen molar-refractivity contribution in [1.29, 1.82) is 0 Å². The molecule has 2 aromatic carbocycles. The lowest BCUT2D eigenvalue weighted by molar-refractivity contribution is 0.357. The highest BCUT2D eigenvalue weighted by molar-refractivity contribution is 9.10. The minimum atomic E-state index is 0.159. The lowest BCUT2D eigenvalue weighted by atomic mass is 10.0. The van der Waals surface area contributed by atoms with Gasteiger partial charge in [-0.05, 0) is 50.8 Å². The predicted molar refractivity (Wildman–Crippen MR) is 85.6 cm³/mol. The molecule has 1 aliphatic heterocycles. The van der Waals surface area contributed by atoms with Crippen molar-refractivity contribution in [3.8, 4) is 5.75 Å². The van der Waals surface area contributed by atoms with Crippen LogP contribution in [-0.4, -0.2) is 6.61 Å². The second-order valence-corrected chi connectivity index (χ2v) is 6.68. The summed E-state index contributed by atoms with van der Waals surface area (Å²) >= 11 is 13.2. The van der Waals surface area contributed by atoms with Gasteiger partial charge in [-0.15, -0.1) is 0 Å². The van der Waals surface area contributed by atoms with Crippen LogP contribution < -0.4 is 4.74 Å². The number of fused-ring (bicyclic) bond motifs is 1. The highest BCUT2D eigenvalue weighted by Crippen LogP contribution is 2.37. The van der Waals surface area contributed by atoms with Gasteiger partial charge in [0.25, 0.3) is 0 Å². The molecule has 0 radical (unpaired) electrons. The molecule has 3 rings (SSSR count). The summed E-state index contributed by atoms with van der Waals surface area (Å²) in [6.07, 6.45) is 0.993. The van der Waals surface area contributed by atoms with Gasteiger partial charge in [-0.1, -0.05) is 45.7 Å². The van der Waals surface area contributed by atoms with Crippen molar-refractivity contribution in [2.24, 2.45) is 0 Å². The van der Waals surface area contributed by atoms with Gasteiger partial charge in [0.05, 0.1) is 16.5 Å². The Balaban J connectivity index is 1.94. The van der Waals surface area contributed by atoms with E-state index in [1.807, 2.05) is 18.2 Å². The minimum absolute atomic E-state index is 0.159. The summed E-state index contributed by atoms with van der Waals surface area (Å²) in [5.74, 6) is 1.01. The maximum atomic E-state index is 6.03. The molecule has 98 valence electrons. The monoisotopic (exact) mass is 400 g/mol. The Hall–Kier alpha value is -0.510. The van der Waals surface area contributed by atoms with Crippen LogP contribution in [0.3, 0.4) is 0 Å². The van der Waals surface area contributed by atoms with Crippen LogP contribution in [0.25, 0.3) is 0 Å². The molecule has 1 aliphatic rings. The fraction of sp³-hybridized carbons (Fsp3) is 0.200. The van der Waals surface area contributed by atoms with Crippen molar-refractivity contribution in [3.05, 3.63) is 62.6 Å². The third-order valence-corrected chi connectivity index (χ3v) is 5.51. The van der Waals surface area contributed by atoms with E-state index < -0.39 is 0 Å². The van der Waals surface area contributed by atoms with Crippen molar-refractivity contribution >= 4 is 43.5 Å². The number of ether oxygens (including phenoxy) is 1. The van der Waals surface area contributed by atoms with E-state index in [1.54, 1.807) is 0 Å². The van der Waals surface area contributed by atoms with E-state index in [2.05, 4.69) is 50.1 Å². The summed E-state index contributed by atoms with van der Waals surface area (Å²) in [5, 5.41) is 0.728. The molecule has 2 aromatic rings. The van der Waals surface area contributed by atoms with Crippen LogP contribution in [0.1, 0.15) is 21.5 Å². The molecule has 19 heavy (non-hydrogen) atoms. The van der Waals surface area contributed by atoms with Gasteiger partial charge in [-0.2, -0.15) is 0 Å². The molecule has 0 amide bonds. The van der Waals surface area contributed by atoms with Crippen molar-refractivity contribution in [1.82, 2.24) is 0 Å². The Morgan fingerprint density at radius 2 is 1.84 bits per heavy atom. The van der Waals surface area contributed by atoms with Crippen LogP contribution >= 0.6 is 43.5 Å². The van der Waals surface area contributed by atoms with E-state index in [0.717, 1.165) is 28.3 Å². The lowest BCUT2D eigenvalue weighted by Crippen LogP contribution is -1.94. The highest BCUT2D eigenvalue weighted by atomic mass is 79.9. The molecular weight excluding hydrogens is 391 g/mol. The maximum absolute atomic E-state index is 6.03. The van der Waals surface area contributed by atoms with Gasteiger partial charge in [-0.3, -0.25) is 0 Å². The predicted octanol–water partition coefficient (Wildman–Crippen LogP) is 5.52. The zero-order valence-electron chi connectivity index (χ0n) is 10.00. The van der Waals surface area contributed by atoms with E-state index >= 15 is 0 Å². The van der Waals surface area contributed by atoms with Crippen LogP contribution in [0.2, 0.25) is 5.02 Å². The molecule has 0 aromatic heterocycles. The second-order valence-electron chi connectivity index (χ2n) is 4.50. The summed E-state index contributed by atoms with van der Waals surface area (Å²) < 4.78 is 6.45. The first-order valence-corrected chi connectivity index (χ1v) is 8.08. The van der Waals surface area contributed by atoms with Crippen molar-refractivity contribution < 1.29 is 4.74 Å². The number of hydrogen-bond donors (Lipinski definition) is 0. The first-order valence-electron chi connectivity index (χ1n) is 6.00. The van der Waals surface area contributed by atoms with Gasteiger partial charge in [0.1, 0.15) is 5.75 Å². The molecule has 1 atom stereocenters. The average Bonchev–Trinajstić information content (AvgIpc) is 2.88. The van der Waals surface area contributed by atoms with Gasteiger partial charge in [0, 0.05) is 10.9 Å². The molecular formula is C15H11Br2ClO. The molecule has 0 saturated carbocycles. The van der Waals surface area contributed by atoms with E-state index in [1.165, 1.54) is 16.7 Å². The zero-order valence-corrected chi connectivity index (χ0v) is 13.9. The average molecular weight is 403 g/mol. The van der Waals surface area contributed by atoms with Crippen LogP contribution in [0, 0.1) is 0 Å². The second kappa shape index (κ2) is 5.47. The molecule has 0 spiro atoms. The highest BCUT2D eigenvalue weighted by Gasteiger charge is 2.17. The lowest BCUT2D eigenvalue weighted by Gasteiger charge is -2.13. The van der Waals surface area contributed by atoms with Crippen LogP contribution in [0.5, 0.6) is 5.75 Å². The third-order valence-electron chi connectivity index (χ3n) is 3.24. The first-order chi connectivity index (χ1) is 9.15. The zero-order chi connectivity index (χ0) is 13.4. The summed E-state index contributed by atoms with van der Waals surface area (Å²) in [5.41, 5.74) is 3.70. The summed E-state index contributed by atoms with van der Waals surface area (Å²) in [6.45, 7) is 0.790. The quantitative estimate of drug-likeness (QED) is 0.601. The maximum Gasteiger partial charge on any atom is 0.122 e. The number of rotatable bonds is 2. The smallest absolute Gasteiger partial charge is 0.122 e. The fourth-order valence-corrected chi connectivity index (χ4v) is 3.31. The van der Waals surface area contributed by atoms with E-state index in [0.29, 0.717) is 0 Å². The molecule has 4 heteroatoms. The van der Waals surface area contributed by atoms with Crippen molar-refractivity contribution in [2.45, 2.75) is 11.2 Å². The normalized spacial score (nSPS) is 14.9. The molecule has 0 aliphatic carbocycles. The van der Waals surface area contributed by atoms with Crippen LogP contribution in [-0.2, 0) is 6.42 Å². The molecule has 0 fully saturated rings. The molecule has 1 heterocycles. The first kappa shape index (κ1) is 13.5. The van der Waals surface area contributed by atoms with E-state index in [4.69, 9.17) is 16.3 Å². The molecule has 0 saturated heterocycles. The molecule has 0 N–H and O–H groups in total. The van der Waals surface area contributed by atoms with Crippen molar-refractivity contribution in [2.75, 3.05) is 6.61 Å². The van der Waals surface area contributed by atoms with E-state index in [9.17, 15) is 0 Å². The minimum Gasteiger partial charge on any atom is -0.493 e. The van der Waals surface area contributed by atoms with Crippen LogP contribution in [0.4, 0.5) is 0 Å².